The van der Waals surface area contributed by atoms with Gasteiger partial charge >= 0.3 is 0 Å². The molecule has 0 saturated carbocycles. The first kappa shape index (κ1) is 26.5. The van der Waals surface area contributed by atoms with Crippen molar-refractivity contribution in [3.8, 4) is 11.5 Å². The van der Waals surface area contributed by atoms with Gasteiger partial charge in [-0.15, -0.1) is 0 Å². The topological polar surface area (TPSA) is 69.8 Å². The number of aryl methyl sites for hydroxylation is 1. The summed E-state index contributed by atoms with van der Waals surface area (Å²) in [5.74, 6) is 1.42. The van der Waals surface area contributed by atoms with Crippen LogP contribution >= 0.6 is 12.2 Å². The molecule has 2 aromatic carbocycles. The van der Waals surface area contributed by atoms with Crippen LogP contribution in [0.3, 0.4) is 0 Å². The molecule has 3 rings (SSSR count). The number of methoxy groups -OCH3 is 2. The second-order valence-corrected chi connectivity index (χ2v) is 9.18. The number of ether oxygens (including phenoxy) is 2. The normalized spacial score (nSPS) is 11.0. The molecule has 0 unspecified atom stereocenters. The number of likely N-dealkylation sites (N-methyl/N-ethyl adjacent to an activating group) is 1. The first-order chi connectivity index (χ1) is 16.8. The molecular formula is C27H36N4O3S. The number of fused-ring (bicyclic) bond motifs is 1. The molecule has 0 amide bonds. The minimum Gasteiger partial charge on any atom is -0.493 e. The summed E-state index contributed by atoms with van der Waals surface area (Å²) in [6, 6.07) is 14.1. The lowest BCUT2D eigenvalue weighted by atomic mass is 10.1. The van der Waals surface area contributed by atoms with Crippen LogP contribution in [0, 0.1) is 0 Å². The number of hydrogen-bond donors (Lipinski definition) is 2. The lowest BCUT2D eigenvalue weighted by Crippen LogP contribution is -2.43. The molecule has 0 aliphatic heterocycles. The predicted molar refractivity (Wildman–Crippen MR) is 147 cm³/mol. The van der Waals surface area contributed by atoms with Crippen LogP contribution in [0.4, 0.5) is 0 Å². The van der Waals surface area contributed by atoms with E-state index in [2.05, 4.69) is 39.2 Å². The third-order valence-electron chi connectivity index (χ3n) is 6.00. The Bertz CT molecular complexity index is 1210. The molecule has 0 spiro atoms. The number of benzene rings is 2. The van der Waals surface area contributed by atoms with Crippen LogP contribution in [0.25, 0.3) is 10.9 Å². The van der Waals surface area contributed by atoms with Gasteiger partial charge in [-0.1, -0.05) is 19.1 Å². The van der Waals surface area contributed by atoms with E-state index in [9.17, 15) is 4.79 Å². The van der Waals surface area contributed by atoms with E-state index in [4.69, 9.17) is 21.7 Å². The van der Waals surface area contributed by atoms with Gasteiger partial charge in [-0.25, -0.2) is 0 Å². The van der Waals surface area contributed by atoms with Crippen LogP contribution in [0.2, 0.25) is 0 Å². The lowest BCUT2D eigenvalue weighted by Gasteiger charge is -2.27. The Labute approximate surface area is 213 Å². The van der Waals surface area contributed by atoms with Gasteiger partial charge in [0.05, 0.1) is 20.8 Å². The van der Waals surface area contributed by atoms with Crippen molar-refractivity contribution in [2.75, 3.05) is 47.9 Å². The van der Waals surface area contributed by atoms with Gasteiger partial charge in [0.2, 0.25) is 0 Å². The maximum Gasteiger partial charge on any atom is 0.253 e. The van der Waals surface area contributed by atoms with Crippen LogP contribution in [0.1, 0.15) is 23.6 Å². The molecule has 0 fully saturated rings. The van der Waals surface area contributed by atoms with E-state index in [0.717, 1.165) is 35.9 Å². The Balaban J connectivity index is 1.72. The zero-order valence-corrected chi connectivity index (χ0v) is 22.1. The number of aromatic amines is 1. The maximum absolute atomic E-state index is 12.8. The van der Waals surface area contributed by atoms with E-state index in [1.807, 2.05) is 44.4 Å². The van der Waals surface area contributed by atoms with Gasteiger partial charge in [-0.2, -0.15) is 0 Å². The number of thiocarbonyl (C=S) groups is 1. The summed E-state index contributed by atoms with van der Waals surface area (Å²) in [4.78, 5) is 20.0. The molecule has 0 aliphatic rings. The van der Waals surface area contributed by atoms with Crippen molar-refractivity contribution in [2.45, 2.75) is 26.3 Å². The number of hydrogen-bond acceptors (Lipinski definition) is 5. The monoisotopic (exact) mass is 496 g/mol. The summed E-state index contributed by atoms with van der Waals surface area (Å²) in [5, 5.41) is 5.04. The van der Waals surface area contributed by atoms with E-state index >= 15 is 0 Å². The molecule has 7 nitrogen and oxygen atoms in total. The molecule has 0 bridgehead atoms. The van der Waals surface area contributed by atoms with Gasteiger partial charge in [-0.05, 0) is 86.0 Å². The fourth-order valence-electron chi connectivity index (χ4n) is 3.88. The minimum atomic E-state index is -0.0790. The zero-order chi connectivity index (χ0) is 25.4. The molecule has 0 radical (unpaired) electrons. The highest BCUT2D eigenvalue weighted by atomic mass is 32.1. The highest BCUT2D eigenvalue weighted by Crippen LogP contribution is 2.27. The molecule has 35 heavy (non-hydrogen) atoms. The summed E-state index contributed by atoms with van der Waals surface area (Å²) in [6.45, 7) is 4.77. The van der Waals surface area contributed by atoms with Gasteiger partial charge in [0.25, 0.3) is 5.56 Å². The van der Waals surface area contributed by atoms with Crippen LogP contribution in [0.15, 0.2) is 47.3 Å². The van der Waals surface area contributed by atoms with Crippen LogP contribution in [-0.2, 0) is 19.4 Å². The Morgan fingerprint density at radius 1 is 1.00 bits per heavy atom. The molecule has 1 heterocycles. The Hall–Kier alpha value is -3.10. The second-order valence-electron chi connectivity index (χ2n) is 8.79. The third-order valence-corrected chi connectivity index (χ3v) is 6.40. The number of rotatable bonds is 11. The van der Waals surface area contributed by atoms with E-state index in [1.165, 1.54) is 5.56 Å². The smallest absolute Gasteiger partial charge is 0.253 e. The molecule has 0 saturated heterocycles. The minimum absolute atomic E-state index is 0.0790. The quantitative estimate of drug-likeness (QED) is 0.393. The van der Waals surface area contributed by atoms with Crippen LogP contribution < -0.4 is 20.3 Å². The van der Waals surface area contributed by atoms with E-state index < -0.39 is 0 Å². The standard InChI is InChI=1S/C27H36N4O3S/c1-6-19-7-9-23-21(15-19)17-22(26(32)29-23)18-31(14-13-30(2)3)27(35)28-12-11-20-8-10-24(33-4)25(16-20)34-5/h7-10,15-17H,6,11-14,18H2,1-5H3,(H,28,35)(H,29,32). The average Bonchev–Trinajstić information content (AvgIpc) is 2.86. The SMILES string of the molecule is CCc1ccc2[nH]c(=O)c(CN(CCN(C)C)C(=S)NCCc3ccc(OC)c(OC)c3)cc2c1. The van der Waals surface area contributed by atoms with Crippen LogP contribution in [-0.4, -0.2) is 67.8 Å². The zero-order valence-electron chi connectivity index (χ0n) is 21.3. The molecule has 1 aromatic heterocycles. The van der Waals surface area contributed by atoms with Crippen molar-refractivity contribution >= 4 is 28.2 Å². The first-order valence-electron chi connectivity index (χ1n) is 11.9. The van der Waals surface area contributed by atoms with Crippen molar-refractivity contribution < 1.29 is 9.47 Å². The molecule has 188 valence electrons. The summed E-state index contributed by atoms with van der Waals surface area (Å²) in [5.41, 5.74) is 3.84. The summed E-state index contributed by atoms with van der Waals surface area (Å²) in [7, 11) is 7.32. The Morgan fingerprint density at radius 2 is 1.74 bits per heavy atom. The van der Waals surface area contributed by atoms with Crippen molar-refractivity contribution in [2.24, 2.45) is 0 Å². The number of H-pyrrole nitrogens is 1. The Kier molecular flexibility index (Phi) is 9.51. The van der Waals surface area contributed by atoms with Gasteiger partial charge < -0.3 is 29.6 Å². The summed E-state index contributed by atoms with van der Waals surface area (Å²) >= 11 is 5.75. The fourth-order valence-corrected chi connectivity index (χ4v) is 4.14. The highest BCUT2D eigenvalue weighted by Gasteiger charge is 2.14. The van der Waals surface area contributed by atoms with E-state index in [0.29, 0.717) is 41.8 Å². The number of aromatic nitrogens is 1. The largest absolute Gasteiger partial charge is 0.493 e. The maximum atomic E-state index is 12.8. The van der Waals surface area contributed by atoms with E-state index in [-0.39, 0.29) is 5.56 Å². The van der Waals surface area contributed by atoms with E-state index in [1.54, 1.807) is 14.2 Å². The van der Waals surface area contributed by atoms with Crippen LogP contribution in [0.5, 0.6) is 11.5 Å². The van der Waals surface area contributed by atoms with Crippen molar-refractivity contribution in [3.05, 3.63) is 69.5 Å². The Morgan fingerprint density at radius 3 is 2.43 bits per heavy atom. The average molecular weight is 497 g/mol. The lowest BCUT2D eigenvalue weighted by molar-refractivity contribution is 0.322. The third kappa shape index (κ3) is 7.19. The van der Waals surface area contributed by atoms with Gasteiger partial charge in [0, 0.05) is 30.7 Å². The number of nitrogens with one attached hydrogen (secondary N) is 2. The molecule has 0 aliphatic carbocycles. The number of nitrogens with zero attached hydrogens (tertiary/aromatic N) is 2. The highest BCUT2D eigenvalue weighted by molar-refractivity contribution is 7.80. The predicted octanol–water partition coefficient (Wildman–Crippen LogP) is 3.59. The van der Waals surface area contributed by atoms with Gasteiger partial charge in [0.1, 0.15) is 0 Å². The molecular weight excluding hydrogens is 460 g/mol. The molecule has 0 atom stereocenters. The summed E-state index contributed by atoms with van der Waals surface area (Å²) < 4.78 is 10.7. The van der Waals surface area contributed by atoms with Gasteiger partial charge in [-0.3, -0.25) is 4.79 Å². The molecule has 8 heteroatoms. The fraction of sp³-hybridized carbons (Fsp3) is 0.407. The molecule has 3 aromatic rings. The summed E-state index contributed by atoms with van der Waals surface area (Å²) in [6.07, 6.45) is 1.73. The van der Waals surface area contributed by atoms with Crippen molar-refractivity contribution in [3.63, 3.8) is 0 Å². The molecule has 2 N–H and O–H groups in total. The van der Waals surface area contributed by atoms with Crippen molar-refractivity contribution in [1.29, 1.82) is 0 Å². The van der Waals surface area contributed by atoms with Gasteiger partial charge in [0.15, 0.2) is 16.6 Å². The second kappa shape index (κ2) is 12.6. The number of pyridine rings is 1. The first-order valence-corrected chi connectivity index (χ1v) is 12.3. The van der Waals surface area contributed by atoms with Crippen molar-refractivity contribution in [1.82, 2.24) is 20.1 Å².